The van der Waals surface area contributed by atoms with Crippen LogP contribution in [0, 0.1) is 0 Å². The van der Waals surface area contributed by atoms with E-state index in [0.717, 1.165) is 17.7 Å². The minimum atomic E-state index is -0.151. The third kappa shape index (κ3) is 7.95. The number of nitrogens with one attached hydrogen (secondary N) is 4. The lowest BCUT2D eigenvalue weighted by atomic mass is 10.1. The summed E-state index contributed by atoms with van der Waals surface area (Å²) in [6.45, 7) is 0.734. The zero-order valence-electron chi connectivity index (χ0n) is 16.0. The fourth-order valence-corrected chi connectivity index (χ4v) is 2.45. The van der Waals surface area contributed by atoms with Crippen LogP contribution in [0.15, 0.2) is 59.6 Å². The van der Waals surface area contributed by atoms with Crippen molar-refractivity contribution < 1.29 is 9.59 Å². The van der Waals surface area contributed by atoms with Gasteiger partial charge in [0, 0.05) is 31.9 Å². The number of hydrogen-bond acceptors (Lipinski definition) is 3. The van der Waals surface area contributed by atoms with Crippen molar-refractivity contribution in [2.75, 3.05) is 32.5 Å². The van der Waals surface area contributed by atoms with Crippen LogP contribution in [0.2, 0.25) is 0 Å². The molecule has 150 valence electrons. The molecule has 0 aromatic heterocycles. The van der Waals surface area contributed by atoms with Crippen molar-refractivity contribution in [1.29, 1.82) is 0 Å². The molecule has 0 saturated heterocycles. The molecule has 4 N–H and O–H groups in total. The minimum absolute atomic E-state index is 0. The average molecular weight is 495 g/mol. The van der Waals surface area contributed by atoms with Crippen LogP contribution in [-0.4, -0.2) is 45.0 Å². The van der Waals surface area contributed by atoms with E-state index in [1.165, 1.54) is 0 Å². The van der Waals surface area contributed by atoms with Crippen molar-refractivity contribution in [2.24, 2.45) is 4.99 Å². The molecule has 2 aromatic rings. The van der Waals surface area contributed by atoms with Crippen molar-refractivity contribution in [1.82, 2.24) is 16.0 Å². The summed E-state index contributed by atoms with van der Waals surface area (Å²) in [5, 5.41) is 11.6. The molecular weight excluding hydrogens is 469 g/mol. The number of para-hydroxylation sites is 1. The molecule has 0 fully saturated rings. The smallest absolute Gasteiger partial charge is 0.251 e. The maximum absolute atomic E-state index is 12.0. The number of aliphatic imine (C=N–C) groups is 1. The third-order valence-corrected chi connectivity index (χ3v) is 3.82. The first kappa shape index (κ1) is 23.4. The Kier molecular flexibility index (Phi) is 10.6. The maximum Gasteiger partial charge on any atom is 0.251 e. The van der Waals surface area contributed by atoms with Crippen LogP contribution in [0.5, 0.6) is 0 Å². The summed E-state index contributed by atoms with van der Waals surface area (Å²) in [6.07, 6.45) is 0.724. The highest BCUT2D eigenvalue weighted by Gasteiger charge is 2.06. The Balaban J connectivity index is 0.00000392. The molecule has 0 aliphatic heterocycles. The Labute approximate surface area is 182 Å². The van der Waals surface area contributed by atoms with Gasteiger partial charge in [0.25, 0.3) is 5.91 Å². The highest BCUT2D eigenvalue weighted by Crippen LogP contribution is 2.06. The second kappa shape index (κ2) is 12.7. The van der Waals surface area contributed by atoms with E-state index in [1.54, 1.807) is 20.2 Å². The molecule has 2 rings (SSSR count). The van der Waals surface area contributed by atoms with E-state index in [2.05, 4.69) is 26.3 Å². The van der Waals surface area contributed by atoms with E-state index < -0.39 is 0 Å². The van der Waals surface area contributed by atoms with E-state index in [1.807, 2.05) is 48.5 Å². The first-order valence-corrected chi connectivity index (χ1v) is 8.73. The predicted molar refractivity (Wildman–Crippen MR) is 123 cm³/mol. The van der Waals surface area contributed by atoms with E-state index >= 15 is 0 Å². The number of halogens is 1. The molecule has 0 spiro atoms. The lowest BCUT2D eigenvalue weighted by Gasteiger charge is -2.12. The SMILES string of the molecule is CN=C(NCCc1cccc(C(=O)NC)c1)NCC(=O)Nc1ccccc1.I. The second-order valence-corrected chi connectivity index (χ2v) is 5.80. The summed E-state index contributed by atoms with van der Waals surface area (Å²) >= 11 is 0. The predicted octanol–water partition coefficient (Wildman–Crippen LogP) is 2.01. The standard InChI is InChI=1S/C20H25N5O2.HI/c1-21-19(27)16-8-6-7-15(13-16)11-12-23-20(22-2)24-14-18(26)25-17-9-4-3-5-10-17;/h3-10,13H,11-12,14H2,1-2H3,(H,21,27)(H,25,26)(H2,22,23,24);1H. The van der Waals surface area contributed by atoms with Gasteiger partial charge in [0.15, 0.2) is 5.96 Å². The molecule has 0 unspecified atom stereocenters. The number of anilines is 1. The Hall–Kier alpha value is -2.62. The highest BCUT2D eigenvalue weighted by molar-refractivity contribution is 14.0. The largest absolute Gasteiger partial charge is 0.356 e. The lowest BCUT2D eigenvalue weighted by molar-refractivity contribution is -0.115. The van der Waals surface area contributed by atoms with Gasteiger partial charge in [-0.25, -0.2) is 0 Å². The van der Waals surface area contributed by atoms with Crippen LogP contribution < -0.4 is 21.3 Å². The Morgan fingerprint density at radius 1 is 1.00 bits per heavy atom. The molecule has 28 heavy (non-hydrogen) atoms. The summed E-state index contributed by atoms with van der Waals surface area (Å²) in [5.74, 6) is 0.287. The first-order chi connectivity index (χ1) is 13.1. The van der Waals surface area contributed by atoms with Crippen LogP contribution in [-0.2, 0) is 11.2 Å². The molecule has 2 aromatic carbocycles. The summed E-state index contributed by atoms with van der Waals surface area (Å²) in [7, 11) is 3.26. The van der Waals surface area contributed by atoms with Gasteiger partial charge in [-0.1, -0.05) is 30.3 Å². The van der Waals surface area contributed by atoms with Crippen LogP contribution in [0.1, 0.15) is 15.9 Å². The number of hydrogen-bond donors (Lipinski definition) is 4. The quantitative estimate of drug-likeness (QED) is 0.269. The molecule has 0 radical (unpaired) electrons. The Bertz CT molecular complexity index is 796. The van der Waals surface area contributed by atoms with E-state index in [4.69, 9.17) is 0 Å². The fraction of sp³-hybridized carbons (Fsp3) is 0.250. The lowest BCUT2D eigenvalue weighted by Crippen LogP contribution is -2.42. The van der Waals surface area contributed by atoms with E-state index in [-0.39, 0.29) is 42.3 Å². The molecule has 7 nitrogen and oxygen atoms in total. The first-order valence-electron chi connectivity index (χ1n) is 8.73. The van der Waals surface area contributed by atoms with Crippen molar-refractivity contribution in [2.45, 2.75) is 6.42 Å². The van der Waals surface area contributed by atoms with Gasteiger partial charge in [-0.2, -0.15) is 0 Å². The highest BCUT2D eigenvalue weighted by atomic mass is 127. The van der Waals surface area contributed by atoms with E-state index in [9.17, 15) is 9.59 Å². The van der Waals surface area contributed by atoms with Gasteiger partial charge in [-0.3, -0.25) is 14.6 Å². The normalized spacial score (nSPS) is 10.4. The number of guanidine groups is 1. The van der Waals surface area contributed by atoms with Gasteiger partial charge >= 0.3 is 0 Å². The van der Waals surface area contributed by atoms with Gasteiger partial charge in [-0.15, -0.1) is 24.0 Å². The minimum Gasteiger partial charge on any atom is -0.356 e. The number of nitrogens with zero attached hydrogens (tertiary/aromatic N) is 1. The van der Waals surface area contributed by atoms with Gasteiger partial charge in [0.2, 0.25) is 5.91 Å². The molecule has 8 heteroatoms. The number of benzene rings is 2. The average Bonchev–Trinajstić information content (AvgIpc) is 2.70. The van der Waals surface area contributed by atoms with Gasteiger partial charge in [0.1, 0.15) is 0 Å². The molecule has 0 saturated carbocycles. The molecular formula is C20H26IN5O2. The number of amides is 2. The summed E-state index contributed by atoms with van der Waals surface area (Å²) in [5.41, 5.74) is 2.43. The maximum atomic E-state index is 12.0. The monoisotopic (exact) mass is 495 g/mol. The second-order valence-electron chi connectivity index (χ2n) is 5.80. The zero-order chi connectivity index (χ0) is 19.5. The molecule has 0 aliphatic carbocycles. The zero-order valence-corrected chi connectivity index (χ0v) is 18.3. The van der Waals surface area contributed by atoms with Crippen molar-refractivity contribution >= 4 is 47.4 Å². The molecule has 0 aliphatic rings. The van der Waals surface area contributed by atoms with Crippen LogP contribution in [0.25, 0.3) is 0 Å². The summed E-state index contributed by atoms with van der Waals surface area (Å²) < 4.78 is 0. The number of carbonyl (C=O) groups is 2. The topological polar surface area (TPSA) is 94.6 Å². The Morgan fingerprint density at radius 2 is 1.75 bits per heavy atom. The third-order valence-electron chi connectivity index (χ3n) is 3.82. The van der Waals surface area contributed by atoms with Crippen molar-refractivity contribution in [3.63, 3.8) is 0 Å². The Morgan fingerprint density at radius 3 is 2.43 bits per heavy atom. The molecule has 0 atom stereocenters. The summed E-state index contributed by atoms with van der Waals surface area (Å²) in [4.78, 5) is 27.8. The van der Waals surface area contributed by atoms with Gasteiger partial charge in [0.05, 0.1) is 6.54 Å². The van der Waals surface area contributed by atoms with Gasteiger partial charge < -0.3 is 21.3 Å². The molecule has 2 amide bonds. The number of rotatable bonds is 7. The fourth-order valence-electron chi connectivity index (χ4n) is 2.45. The molecule has 0 heterocycles. The molecule has 0 bridgehead atoms. The van der Waals surface area contributed by atoms with Gasteiger partial charge in [-0.05, 0) is 36.2 Å². The number of carbonyl (C=O) groups excluding carboxylic acids is 2. The van der Waals surface area contributed by atoms with Crippen molar-refractivity contribution in [3.05, 3.63) is 65.7 Å². The summed E-state index contributed by atoms with van der Waals surface area (Å²) in [6, 6.07) is 16.8. The van der Waals surface area contributed by atoms with Crippen LogP contribution in [0.3, 0.4) is 0 Å². The van der Waals surface area contributed by atoms with E-state index in [0.29, 0.717) is 18.1 Å². The van der Waals surface area contributed by atoms with Crippen molar-refractivity contribution in [3.8, 4) is 0 Å². The van der Waals surface area contributed by atoms with Crippen LogP contribution in [0.4, 0.5) is 5.69 Å². The van der Waals surface area contributed by atoms with Crippen LogP contribution >= 0.6 is 24.0 Å².